The van der Waals surface area contributed by atoms with Crippen LogP contribution in [0, 0.1) is 23.7 Å². The van der Waals surface area contributed by atoms with Crippen LogP contribution in [0.15, 0.2) is 36.7 Å². The number of aliphatic hydroxyl groups excluding tert-OH is 3. The predicted molar refractivity (Wildman–Crippen MR) is 244 cm³/mol. The molecule has 3 saturated heterocycles. The molecule has 5 rings (SSSR count). The number of ether oxygens (including phenoxy) is 6. The average molecular weight is 932 g/mol. The Bertz CT molecular complexity index is 1940. The standard InChI is InChI=1S/C49H77N3O14/c1-26-22-47(7,59)44(66-46-40(55)35(52(10)11)21-27(2)62-46)29(4)41(65-38-23-48(8,61-12)43(57)31(6)63-38)30(5)45(58)64-36(49(9,60)42(56)28(3)39(26)54)19-20-51-37(53)18-17-33-25-50-24-32-15-13-14-16-34(32)33/h13-16,24-31,35-36,38,40-44,46,55-57,59-60H,17-23H2,1-12H3,(H,51,53)/t26-,27?,28+,29+,30?,31?,35?,36-,38?,40?,41?,42?,43?,44?,46?,47-,48?,49-/m1/s1. The molecule has 3 fully saturated rings. The van der Waals surface area contributed by atoms with Crippen LogP contribution < -0.4 is 5.32 Å². The topological polar surface area (TPSA) is 236 Å². The van der Waals surface area contributed by atoms with Crippen LogP contribution in [-0.4, -0.2) is 165 Å². The largest absolute Gasteiger partial charge is 0.459 e. The quantitative estimate of drug-likeness (QED) is 0.168. The maximum Gasteiger partial charge on any atom is 0.311 e. The molecule has 0 saturated carbocycles. The highest BCUT2D eigenvalue weighted by molar-refractivity contribution is 5.85. The lowest BCUT2D eigenvalue weighted by molar-refractivity contribution is -0.318. The summed E-state index contributed by atoms with van der Waals surface area (Å²) in [4.78, 5) is 48.3. The number of likely N-dealkylation sites (N-methyl/N-ethyl adjacent to an activating group) is 1. The number of methoxy groups -OCH3 is 1. The summed E-state index contributed by atoms with van der Waals surface area (Å²) < 4.78 is 37.7. The van der Waals surface area contributed by atoms with Crippen LogP contribution in [0.3, 0.4) is 0 Å². The zero-order valence-electron chi connectivity index (χ0n) is 40.9. The van der Waals surface area contributed by atoms with Gasteiger partial charge in [-0.15, -0.1) is 0 Å². The molecule has 372 valence electrons. The summed E-state index contributed by atoms with van der Waals surface area (Å²) in [5, 5.41) is 64.0. The number of nitrogens with zero attached hydrogens (tertiary/aromatic N) is 2. The smallest absolute Gasteiger partial charge is 0.311 e. The summed E-state index contributed by atoms with van der Waals surface area (Å²) in [5.74, 6) is -5.88. The third-order valence-electron chi connectivity index (χ3n) is 14.6. The first-order valence-electron chi connectivity index (χ1n) is 23.5. The van der Waals surface area contributed by atoms with Gasteiger partial charge in [0.15, 0.2) is 12.6 Å². The summed E-state index contributed by atoms with van der Waals surface area (Å²) in [7, 11) is 5.14. The number of carbonyl (C=O) groups is 3. The fourth-order valence-electron chi connectivity index (χ4n) is 10.3. The van der Waals surface area contributed by atoms with Crippen molar-refractivity contribution < 1.29 is 68.3 Å². The van der Waals surface area contributed by atoms with Gasteiger partial charge in [-0.05, 0) is 85.8 Å². The molecule has 2 aromatic rings. The summed E-state index contributed by atoms with van der Waals surface area (Å²) in [5.41, 5.74) is -4.28. The minimum absolute atomic E-state index is 0.0397. The second-order valence-electron chi connectivity index (χ2n) is 20.2. The molecule has 66 heavy (non-hydrogen) atoms. The van der Waals surface area contributed by atoms with Crippen molar-refractivity contribution in [3.63, 3.8) is 0 Å². The van der Waals surface area contributed by atoms with Gasteiger partial charge in [-0.25, -0.2) is 0 Å². The molecule has 3 aliphatic rings. The van der Waals surface area contributed by atoms with E-state index in [0.717, 1.165) is 16.3 Å². The molecule has 1 aromatic carbocycles. The zero-order chi connectivity index (χ0) is 49.1. The first kappa shape index (κ1) is 53.8. The number of carbonyl (C=O) groups excluding carboxylic acids is 3. The Labute approximate surface area is 389 Å². The molecule has 17 heteroatoms. The lowest BCUT2D eigenvalue weighted by atomic mass is 9.74. The first-order valence-corrected chi connectivity index (χ1v) is 23.5. The van der Waals surface area contributed by atoms with Crippen molar-refractivity contribution >= 4 is 28.4 Å². The Morgan fingerprint density at radius 2 is 1.61 bits per heavy atom. The molecular weight excluding hydrogens is 855 g/mol. The second-order valence-corrected chi connectivity index (χ2v) is 20.2. The van der Waals surface area contributed by atoms with E-state index in [2.05, 4.69) is 10.3 Å². The van der Waals surface area contributed by atoms with Gasteiger partial charge in [0.2, 0.25) is 5.91 Å². The number of pyridine rings is 1. The number of aryl methyl sites for hydroxylation is 1. The van der Waals surface area contributed by atoms with Crippen molar-refractivity contribution in [2.45, 2.75) is 185 Å². The highest BCUT2D eigenvalue weighted by Gasteiger charge is 2.53. The highest BCUT2D eigenvalue weighted by atomic mass is 16.7. The van der Waals surface area contributed by atoms with Gasteiger partial charge >= 0.3 is 5.97 Å². The lowest BCUT2D eigenvalue weighted by Crippen LogP contribution is -2.61. The molecule has 0 bridgehead atoms. The van der Waals surface area contributed by atoms with Gasteiger partial charge in [-0.2, -0.15) is 0 Å². The van der Waals surface area contributed by atoms with Crippen molar-refractivity contribution in [1.29, 1.82) is 0 Å². The van der Waals surface area contributed by atoms with E-state index in [1.807, 2.05) is 50.2 Å². The third kappa shape index (κ3) is 12.1. The summed E-state index contributed by atoms with van der Waals surface area (Å²) in [6.45, 7) is 14.3. The Hall–Kier alpha value is -3.20. The number of benzene rings is 1. The fraction of sp³-hybridized carbons (Fsp3) is 0.755. The highest BCUT2D eigenvalue weighted by Crippen LogP contribution is 2.41. The van der Waals surface area contributed by atoms with Crippen LogP contribution in [0.5, 0.6) is 0 Å². The number of hydrogen-bond acceptors (Lipinski definition) is 16. The van der Waals surface area contributed by atoms with Crippen molar-refractivity contribution in [1.82, 2.24) is 15.2 Å². The van der Waals surface area contributed by atoms with Crippen LogP contribution in [0.1, 0.15) is 100.0 Å². The van der Waals surface area contributed by atoms with E-state index in [-0.39, 0.29) is 50.3 Å². The van der Waals surface area contributed by atoms with Crippen LogP contribution in [0.2, 0.25) is 0 Å². The number of Topliss-reactive ketones (excluding diaryl/α,β-unsaturated/α-hetero) is 1. The first-order chi connectivity index (χ1) is 30.8. The third-order valence-corrected chi connectivity index (χ3v) is 14.6. The maximum atomic E-state index is 14.7. The number of cyclic esters (lactones) is 1. The van der Waals surface area contributed by atoms with Crippen molar-refractivity contribution in [3.05, 3.63) is 42.2 Å². The molecule has 0 aliphatic carbocycles. The Kier molecular flexibility index (Phi) is 18.0. The minimum atomic E-state index is -2.21. The number of amides is 1. The Morgan fingerprint density at radius 3 is 2.27 bits per heavy atom. The Balaban J connectivity index is 1.49. The number of rotatable bonds is 12. The Morgan fingerprint density at radius 1 is 0.924 bits per heavy atom. The van der Waals surface area contributed by atoms with Crippen molar-refractivity contribution in [2.75, 3.05) is 27.7 Å². The zero-order valence-corrected chi connectivity index (χ0v) is 40.9. The normalized spacial score (nSPS) is 41.0. The molecule has 0 spiro atoms. The SMILES string of the molecule is COC1(C)CC(OC2C(C)C(=O)O[C@H](CCNC(=O)CCc3cncc4ccccc34)[C@@](C)(O)C(O)[C@@H](C)C(=O)[C@H](C)C[C@@](C)(O)C(OC3OC(C)CC(N(C)C)C3O)[C@H]2C)OC(C)C1O. The molecular formula is C49H77N3O14. The van der Waals surface area contributed by atoms with Crippen molar-refractivity contribution in [3.8, 4) is 0 Å². The monoisotopic (exact) mass is 932 g/mol. The van der Waals surface area contributed by atoms with E-state index in [4.69, 9.17) is 28.4 Å². The van der Waals surface area contributed by atoms with Gasteiger partial charge in [0.05, 0.1) is 47.6 Å². The number of nitrogens with one attached hydrogen (secondary N) is 1. The van der Waals surface area contributed by atoms with Gasteiger partial charge in [-0.3, -0.25) is 19.4 Å². The number of aliphatic hydroxyl groups is 5. The average Bonchev–Trinajstić information content (AvgIpc) is 3.26. The molecule has 18 atom stereocenters. The van der Waals surface area contributed by atoms with Gasteiger partial charge in [0.1, 0.15) is 29.7 Å². The van der Waals surface area contributed by atoms with E-state index >= 15 is 0 Å². The molecule has 1 amide bonds. The number of aromatic nitrogens is 1. The molecule has 6 N–H and O–H groups in total. The van der Waals surface area contributed by atoms with Crippen molar-refractivity contribution in [2.24, 2.45) is 23.7 Å². The predicted octanol–water partition coefficient (Wildman–Crippen LogP) is 3.06. The van der Waals surface area contributed by atoms with Crippen LogP contribution >= 0.6 is 0 Å². The number of ketones is 1. The summed E-state index contributed by atoms with van der Waals surface area (Å²) >= 11 is 0. The van der Waals surface area contributed by atoms with Gasteiger partial charge in [0, 0.05) is 74.5 Å². The van der Waals surface area contributed by atoms with Gasteiger partial charge < -0.3 is 64.2 Å². The van der Waals surface area contributed by atoms with E-state index < -0.39 is 108 Å². The molecule has 12 unspecified atom stereocenters. The van der Waals surface area contributed by atoms with Gasteiger partial charge in [-0.1, -0.05) is 45.0 Å². The van der Waals surface area contributed by atoms with E-state index in [0.29, 0.717) is 12.8 Å². The minimum Gasteiger partial charge on any atom is -0.459 e. The van der Waals surface area contributed by atoms with E-state index in [1.54, 1.807) is 47.0 Å². The fourth-order valence-corrected chi connectivity index (χ4v) is 10.3. The number of esters is 1. The summed E-state index contributed by atoms with van der Waals surface area (Å²) in [6, 6.07) is 7.39. The lowest BCUT2D eigenvalue weighted by Gasteiger charge is -2.49. The molecule has 3 aliphatic heterocycles. The molecule has 4 heterocycles. The summed E-state index contributed by atoms with van der Waals surface area (Å²) in [6.07, 6.45) is -7.03. The van der Waals surface area contributed by atoms with Crippen LogP contribution in [-0.2, 0) is 49.2 Å². The van der Waals surface area contributed by atoms with Gasteiger partial charge in [0.25, 0.3) is 0 Å². The number of fused-ring (bicyclic) bond motifs is 1. The maximum absolute atomic E-state index is 14.7. The van der Waals surface area contributed by atoms with E-state index in [9.17, 15) is 39.9 Å². The molecule has 17 nitrogen and oxygen atoms in total. The van der Waals surface area contributed by atoms with E-state index in [1.165, 1.54) is 27.9 Å². The number of hydrogen-bond donors (Lipinski definition) is 6. The van der Waals surface area contributed by atoms with Crippen LogP contribution in [0.4, 0.5) is 0 Å². The van der Waals surface area contributed by atoms with Crippen LogP contribution in [0.25, 0.3) is 10.8 Å². The second kappa shape index (κ2) is 22.0. The molecule has 1 aromatic heterocycles. The molecule has 0 radical (unpaired) electrons.